The van der Waals surface area contributed by atoms with Crippen LogP contribution in [0.25, 0.3) is 0 Å². The molecule has 0 aromatic heterocycles. The topological polar surface area (TPSA) is 55.1 Å². The first-order valence-corrected chi connectivity index (χ1v) is 6.76. The van der Waals surface area contributed by atoms with Crippen molar-refractivity contribution >= 4 is 35.6 Å². The average molecular weight is 303 g/mol. The van der Waals surface area contributed by atoms with E-state index in [0.29, 0.717) is 10.7 Å². The molecule has 1 fully saturated rings. The Morgan fingerprint density at radius 3 is 2.79 bits per heavy atom. The lowest BCUT2D eigenvalue weighted by Crippen LogP contribution is -2.34. The number of benzene rings is 1. The van der Waals surface area contributed by atoms with Gasteiger partial charge < -0.3 is 11.1 Å². The smallest absolute Gasteiger partial charge is 0.227 e. The summed E-state index contributed by atoms with van der Waals surface area (Å²) in [7, 11) is 0. The highest BCUT2D eigenvalue weighted by Crippen LogP contribution is 2.27. The molecule has 3 N–H and O–H groups in total. The molecule has 1 aliphatic rings. The fourth-order valence-corrected chi connectivity index (χ4v) is 2.70. The minimum atomic E-state index is 0. The van der Waals surface area contributed by atoms with Gasteiger partial charge in [-0.2, -0.15) is 0 Å². The second-order valence-electron chi connectivity index (χ2n) is 5.10. The van der Waals surface area contributed by atoms with Crippen molar-refractivity contribution in [2.75, 3.05) is 5.32 Å². The Bertz CT molecular complexity index is 451. The van der Waals surface area contributed by atoms with Gasteiger partial charge in [0.2, 0.25) is 5.91 Å². The quantitative estimate of drug-likeness (QED) is 0.878. The van der Waals surface area contributed by atoms with Crippen LogP contribution in [0.1, 0.15) is 31.2 Å². The summed E-state index contributed by atoms with van der Waals surface area (Å²) >= 11 is 6.10. The molecular formula is C14H20Cl2N2O. The fourth-order valence-electron chi connectivity index (χ4n) is 2.42. The number of halogens is 2. The molecule has 19 heavy (non-hydrogen) atoms. The van der Waals surface area contributed by atoms with E-state index in [1.54, 1.807) is 0 Å². The van der Waals surface area contributed by atoms with E-state index in [4.69, 9.17) is 17.3 Å². The zero-order valence-electron chi connectivity index (χ0n) is 11.0. The van der Waals surface area contributed by atoms with Gasteiger partial charge in [0.1, 0.15) is 0 Å². The van der Waals surface area contributed by atoms with E-state index in [9.17, 15) is 4.79 Å². The van der Waals surface area contributed by atoms with Crippen molar-refractivity contribution in [2.45, 2.75) is 38.6 Å². The normalized spacial score (nSPS) is 22.5. The summed E-state index contributed by atoms with van der Waals surface area (Å²) in [5.41, 5.74) is 7.67. The van der Waals surface area contributed by atoms with Crippen LogP contribution in [0.4, 0.5) is 5.69 Å². The minimum Gasteiger partial charge on any atom is -0.328 e. The number of aryl methyl sites for hydroxylation is 1. The van der Waals surface area contributed by atoms with Crippen LogP contribution < -0.4 is 11.1 Å². The first-order valence-electron chi connectivity index (χ1n) is 6.39. The molecule has 0 heterocycles. The summed E-state index contributed by atoms with van der Waals surface area (Å²) in [6, 6.07) is 5.79. The monoisotopic (exact) mass is 302 g/mol. The summed E-state index contributed by atoms with van der Waals surface area (Å²) in [4.78, 5) is 12.1. The average Bonchev–Trinajstić information content (AvgIpc) is 2.32. The van der Waals surface area contributed by atoms with Gasteiger partial charge in [0.05, 0.1) is 10.7 Å². The van der Waals surface area contributed by atoms with E-state index in [-0.39, 0.29) is 30.3 Å². The van der Waals surface area contributed by atoms with Crippen molar-refractivity contribution in [3.8, 4) is 0 Å². The van der Waals surface area contributed by atoms with Gasteiger partial charge in [0, 0.05) is 12.0 Å². The first-order chi connectivity index (χ1) is 8.56. The lowest BCUT2D eigenvalue weighted by molar-refractivity contribution is -0.120. The van der Waals surface area contributed by atoms with E-state index in [1.165, 1.54) is 0 Å². The summed E-state index contributed by atoms with van der Waals surface area (Å²) in [5, 5.41) is 3.49. The maximum Gasteiger partial charge on any atom is 0.227 e. The number of nitrogens with two attached hydrogens (primary N) is 1. The van der Waals surface area contributed by atoms with E-state index < -0.39 is 0 Å². The third-order valence-corrected chi connectivity index (χ3v) is 3.78. The zero-order valence-corrected chi connectivity index (χ0v) is 12.6. The Morgan fingerprint density at radius 1 is 1.42 bits per heavy atom. The van der Waals surface area contributed by atoms with E-state index in [2.05, 4.69) is 5.32 Å². The molecular weight excluding hydrogens is 283 g/mol. The lowest BCUT2D eigenvalue weighted by atomic mass is 9.85. The van der Waals surface area contributed by atoms with Gasteiger partial charge in [0.15, 0.2) is 0 Å². The fraction of sp³-hybridized carbons (Fsp3) is 0.500. The van der Waals surface area contributed by atoms with Crippen molar-refractivity contribution < 1.29 is 4.79 Å². The molecule has 0 saturated heterocycles. The van der Waals surface area contributed by atoms with Crippen LogP contribution in [0.15, 0.2) is 18.2 Å². The van der Waals surface area contributed by atoms with Gasteiger partial charge in [-0.05, 0) is 43.9 Å². The lowest BCUT2D eigenvalue weighted by Gasteiger charge is -2.25. The highest BCUT2D eigenvalue weighted by atomic mass is 35.5. The van der Waals surface area contributed by atoms with Gasteiger partial charge in [-0.1, -0.05) is 24.1 Å². The van der Waals surface area contributed by atoms with Crippen LogP contribution in [0.3, 0.4) is 0 Å². The maximum absolute atomic E-state index is 12.1. The third-order valence-electron chi connectivity index (χ3n) is 3.47. The van der Waals surface area contributed by atoms with Crippen LogP contribution in [-0.2, 0) is 4.79 Å². The Balaban J connectivity index is 0.00000180. The Kier molecular flexibility index (Phi) is 6.11. The summed E-state index contributed by atoms with van der Waals surface area (Å²) < 4.78 is 0. The van der Waals surface area contributed by atoms with Gasteiger partial charge in [-0.25, -0.2) is 0 Å². The molecule has 1 saturated carbocycles. The summed E-state index contributed by atoms with van der Waals surface area (Å²) in [6.07, 6.45) is 3.74. The number of anilines is 1. The van der Waals surface area contributed by atoms with E-state index >= 15 is 0 Å². The predicted molar refractivity (Wildman–Crippen MR) is 82.0 cm³/mol. The molecule has 1 aromatic rings. The van der Waals surface area contributed by atoms with Crippen molar-refractivity contribution in [1.82, 2.24) is 0 Å². The summed E-state index contributed by atoms with van der Waals surface area (Å²) in [5.74, 6) is 0.0574. The molecule has 1 aromatic carbocycles. The summed E-state index contributed by atoms with van der Waals surface area (Å²) in [6.45, 7) is 1.97. The molecule has 0 aliphatic heterocycles. The zero-order chi connectivity index (χ0) is 13.1. The molecule has 3 nitrogen and oxygen atoms in total. The number of amides is 1. The van der Waals surface area contributed by atoms with Crippen LogP contribution >= 0.6 is 24.0 Å². The standard InChI is InChI=1S/C14H19ClN2O.ClH/c1-9-5-6-13(12(15)7-9)17-14(18)10-3-2-4-11(16)8-10;/h5-7,10-11H,2-4,8,16H2,1H3,(H,17,18);1H. The Labute approximate surface area is 125 Å². The molecule has 2 rings (SSSR count). The maximum atomic E-state index is 12.1. The van der Waals surface area contributed by atoms with Crippen LogP contribution in [-0.4, -0.2) is 11.9 Å². The van der Waals surface area contributed by atoms with E-state index in [1.807, 2.05) is 25.1 Å². The number of carbonyl (C=O) groups excluding carboxylic acids is 1. The van der Waals surface area contributed by atoms with Crippen molar-refractivity contribution in [3.63, 3.8) is 0 Å². The number of rotatable bonds is 2. The largest absolute Gasteiger partial charge is 0.328 e. The van der Waals surface area contributed by atoms with Gasteiger partial charge in [-0.3, -0.25) is 4.79 Å². The third kappa shape index (κ3) is 4.37. The van der Waals surface area contributed by atoms with Crippen molar-refractivity contribution in [3.05, 3.63) is 28.8 Å². The number of carbonyl (C=O) groups is 1. The molecule has 5 heteroatoms. The minimum absolute atomic E-state index is 0. The SMILES string of the molecule is Cc1ccc(NC(=O)C2CCCC(N)C2)c(Cl)c1.Cl. The Hall–Kier alpha value is -0.770. The second-order valence-corrected chi connectivity index (χ2v) is 5.50. The highest BCUT2D eigenvalue weighted by molar-refractivity contribution is 6.33. The molecule has 1 aliphatic carbocycles. The highest BCUT2D eigenvalue weighted by Gasteiger charge is 2.25. The van der Waals surface area contributed by atoms with Crippen LogP contribution in [0, 0.1) is 12.8 Å². The van der Waals surface area contributed by atoms with Gasteiger partial charge in [0.25, 0.3) is 0 Å². The van der Waals surface area contributed by atoms with Crippen LogP contribution in [0.2, 0.25) is 5.02 Å². The van der Waals surface area contributed by atoms with Crippen LogP contribution in [0.5, 0.6) is 0 Å². The number of hydrogen-bond donors (Lipinski definition) is 2. The molecule has 0 bridgehead atoms. The molecule has 0 radical (unpaired) electrons. The number of nitrogens with one attached hydrogen (secondary N) is 1. The van der Waals surface area contributed by atoms with Crippen molar-refractivity contribution in [1.29, 1.82) is 0 Å². The number of hydrogen-bond acceptors (Lipinski definition) is 2. The molecule has 0 spiro atoms. The van der Waals surface area contributed by atoms with E-state index in [0.717, 1.165) is 31.2 Å². The predicted octanol–water partition coefficient (Wildman–Crippen LogP) is 3.53. The molecule has 106 valence electrons. The molecule has 2 atom stereocenters. The van der Waals surface area contributed by atoms with Gasteiger partial charge >= 0.3 is 0 Å². The Morgan fingerprint density at radius 2 is 2.16 bits per heavy atom. The van der Waals surface area contributed by atoms with Gasteiger partial charge in [-0.15, -0.1) is 12.4 Å². The van der Waals surface area contributed by atoms with Crippen molar-refractivity contribution in [2.24, 2.45) is 11.7 Å². The molecule has 1 amide bonds. The molecule has 2 unspecified atom stereocenters. The first kappa shape index (κ1) is 16.3. The second kappa shape index (κ2) is 7.13.